The van der Waals surface area contributed by atoms with E-state index in [0.717, 1.165) is 15.8 Å². The zero-order valence-corrected chi connectivity index (χ0v) is 23.6. The average molecular weight is 643 g/mol. The van der Waals surface area contributed by atoms with Crippen molar-refractivity contribution in [3.8, 4) is 0 Å². The number of aromatic nitrogens is 2. The molecule has 1 aliphatic heterocycles. The highest BCUT2D eigenvalue weighted by molar-refractivity contribution is 6.18. The maximum Gasteiger partial charge on any atom is 0.490 e. The van der Waals surface area contributed by atoms with Gasteiger partial charge in [-0.15, -0.1) is 23.2 Å². The van der Waals surface area contributed by atoms with Crippen LogP contribution in [0.2, 0.25) is 0 Å². The maximum absolute atomic E-state index is 12.4. The first kappa shape index (κ1) is 35.2. The summed E-state index contributed by atoms with van der Waals surface area (Å²) in [7, 11) is 0. The van der Waals surface area contributed by atoms with Crippen molar-refractivity contribution in [3.05, 3.63) is 52.6 Å². The number of aliphatic hydroxyl groups excluding tert-OH is 3. The molecule has 0 unspecified atom stereocenters. The average Bonchev–Trinajstić information content (AvgIpc) is 3.22. The lowest BCUT2D eigenvalue weighted by Gasteiger charge is -2.23. The summed E-state index contributed by atoms with van der Waals surface area (Å²) < 4.78 is 38.1. The van der Waals surface area contributed by atoms with E-state index < -0.39 is 49.0 Å². The minimum atomic E-state index is -5.08. The normalized spacial score (nSPS) is 20.0. The molecule has 1 aromatic heterocycles. The topological polar surface area (TPSA) is 174 Å². The van der Waals surface area contributed by atoms with Gasteiger partial charge in [-0.05, 0) is 36.6 Å². The van der Waals surface area contributed by atoms with Gasteiger partial charge in [0.05, 0.1) is 6.61 Å². The number of benzene rings is 1. The van der Waals surface area contributed by atoms with Crippen molar-refractivity contribution in [2.24, 2.45) is 0 Å². The number of nitrogens with one attached hydrogen (secondary N) is 1. The Morgan fingerprint density at radius 1 is 1.07 bits per heavy atom. The number of aryl methyl sites for hydroxylation is 1. The molecule has 0 aliphatic carbocycles. The van der Waals surface area contributed by atoms with Gasteiger partial charge in [-0.3, -0.25) is 9.36 Å². The van der Waals surface area contributed by atoms with Gasteiger partial charge in [0.1, 0.15) is 24.1 Å². The highest BCUT2D eigenvalue weighted by Crippen LogP contribution is 2.28. The lowest BCUT2D eigenvalue weighted by Crippen LogP contribution is -2.36. The number of hydrogen-bond acceptors (Lipinski definition) is 9. The quantitative estimate of drug-likeness (QED) is 0.214. The van der Waals surface area contributed by atoms with E-state index >= 15 is 0 Å². The minimum absolute atomic E-state index is 0.0750. The molecule has 0 bridgehead atoms. The first-order chi connectivity index (χ1) is 19.8. The zero-order chi connectivity index (χ0) is 31.4. The Bertz CT molecular complexity index is 1210. The molecule has 0 saturated carbocycles. The molecule has 1 fully saturated rings. The number of anilines is 2. The van der Waals surface area contributed by atoms with Crippen molar-refractivity contribution in [1.29, 1.82) is 0 Å². The smallest absolute Gasteiger partial charge is 0.475 e. The third kappa shape index (κ3) is 10.4. The summed E-state index contributed by atoms with van der Waals surface area (Å²) in [5.74, 6) is -1.93. The highest BCUT2D eigenvalue weighted by atomic mass is 35.5. The standard InChI is InChI=1S/C23H30Cl2N4O6.C2HF3O2/c24-9-12-28(13-10-25)16-6-4-15(5-7-16)2-1-3-19(31)26-18-8-11-29(23(34)27-18)22-21(33)20(32)17(14-30)35-22;3-2(4,5)1(6)7/h4-8,11,17,20-22,30,32-33H,1-3,9-10,12-14H2,(H,26,27,31,34);(H,6,7)/t17-,20-,21+,22-;/m1./s1. The second-order valence-electron chi connectivity index (χ2n) is 8.97. The Morgan fingerprint density at radius 3 is 2.14 bits per heavy atom. The first-order valence-electron chi connectivity index (χ1n) is 12.6. The number of alkyl halides is 5. The monoisotopic (exact) mass is 642 g/mol. The van der Waals surface area contributed by atoms with E-state index in [0.29, 0.717) is 37.7 Å². The van der Waals surface area contributed by atoms with Crippen molar-refractivity contribution in [1.82, 2.24) is 9.55 Å². The van der Waals surface area contributed by atoms with Crippen LogP contribution in [0.4, 0.5) is 24.7 Å². The van der Waals surface area contributed by atoms with Gasteiger partial charge in [-0.2, -0.15) is 18.2 Å². The zero-order valence-electron chi connectivity index (χ0n) is 22.1. The van der Waals surface area contributed by atoms with Crippen LogP contribution < -0.4 is 15.9 Å². The van der Waals surface area contributed by atoms with Crippen LogP contribution in [0.3, 0.4) is 0 Å². The molecule has 2 heterocycles. The number of aliphatic hydroxyl groups is 3. The van der Waals surface area contributed by atoms with Crippen molar-refractivity contribution in [2.75, 3.05) is 41.7 Å². The van der Waals surface area contributed by atoms with E-state index in [1.807, 2.05) is 24.3 Å². The molecule has 42 heavy (non-hydrogen) atoms. The lowest BCUT2D eigenvalue weighted by atomic mass is 10.1. The molecule has 12 nitrogen and oxygen atoms in total. The van der Waals surface area contributed by atoms with E-state index in [9.17, 15) is 38.1 Å². The third-order valence-electron chi connectivity index (χ3n) is 6.01. The summed E-state index contributed by atoms with van der Waals surface area (Å²) in [5, 5.41) is 38.8. The first-order valence-corrected chi connectivity index (χ1v) is 13.7. The van der Waals surface area contributed by atoms with Crippen LogP contribution in [0.25, 0.3) is 0 Å². The number of carboxylic acid groups (broad SMARTS) is 1. The van der Waals surface area contributed by atoms with Crippen molar-refractivity contribution in [2.45, 2.75) is 50.0 Å². The molecule has 1 saturated heterocycles. The van der Waals surface area contributed by atoms with Crippen LogP contribution >= 0.6 is 23.2 Å². The van der Waals surface area contributed by atoms with Gasteiger partial charge >= 0.3 is 17.8 Å². The molecule has 1 amide bonds. The van der Waals surface area contributed by atoms with Gasteiger partial charge in [0.25, 0.3) is 0 Å². The summed E-state index contributed by atoms with van der Waals surface area (Å²) in [6, 6.07) is 9.46. The second-order valence-corrected chi connectivity index (χ2v) is 9.72. The summed E-state index contributed by atoms with van der Waals surface area (Å²) >= 11 is 11.7. The van der Waals surface area contributed by atoms with Crippen molar-refractivity contribution >= 4 is 46.6 Å². The molecule has 1 aromatic carbocycles. The number of amides is 1. The number of hydrogen-bond donors (Lipinski definition) is 5. The van der Waals surface area contributed by atoms with Gasteiger partial charge in [0.15, 0.2) is 6.23 Å². The van der Waals surface area contributed by atoms with Crippen LogP contribution in [0.5, 0.6) is 0 Å². The Kier molecular flexibility index (Phi) is 14.0. The van der Waals surface area contributed by atoms with Crippen LogP contribution in [0.1, 0.15) is 24.6 Å². The number of carbonyl (C=O) groups excluding carboxylic acids is 1. The summed E-state index contributed by atoms with van der Waals surface area (Å²) in [4.78, 5) is 39.5. The fraction of sp³-hybridized carbons (Fsp3) is 0.520. The molecule has 17 heteroatoms. The van der Waals surface area contributed by atoms with Crippen LogP contribution in [0.15, 0.2) is 41.3 Å². The van der Waals surface area contributed by atoms with Crippen LogP contribution in [-0.4, -0.2) is 97.8 Å². The largest absolute Gasteiger partial charge is 0.490 e. The molecule has 234 valence electrons. The number of carbonyl (C=O) groups is 2. The van der Waals surface area contributed by atoms with E-state index in [1.165, 1.54) is 12.3 Å². The number of ether oxygens (including phenoxy) is 1. The van der Waals surface area contributed by atoms with Gasteiger partial charge in [0.2, 0.25) is 5.91 Å². The molecular formula is C25H31Cl2F3N4O8. The fourth-order valence-corrected chi connectivity index (χ4v) is 4.30. The van der Waals surface area contributed by atoms with Crippen molar-refractivity contribution in [3.63, 3.8) is 0 Å². The Balaban J connectivity index is 0.000000782. The van der Waals surface area contributed by atoms with E-state index in [-0.39, 0.29) is 18.1 Å². The van der Waals surface area contributed by atoms with Gasteiger partial charge in [-0.25, -0.2) is 9.59 Å². The maximum atomic E-state index is 12.4. The fourth-order valence-electron chi connectivity index (χ4n) is 3.89. The molecule has 4 atom stereocenters. The Labute approximate surface area is 248 Å². The molecular weight excluding hydrogens is 612 g/mol. The third-order valence-corrected chi connectivity index (χ3v) is 6.35. The number of nitrogens with zero attached hydrogens (tertiary/aromatic N) is 3. The minimum Gasteiger partial charge on any atom is -0.475 e. The summed E-state index contributed by atoms with van der Waals surface area (Å²) in [5.41, 5.74) is 1.37. The number of carboxylic acids is 1. The second kappa shape index (κ2) is 16.6. The molecule has 3 rings (SSSR count). The Morgan fingerprint density at radius 2 is 1.67 bits per heavy atom. The predicted molar refractivity (Wildman–Crippen MR) is 147 cm³/mol. The van der Waals surface area contributed by atoms with Gasteiger partial charge in [0, 0.05) is 43.2 Å². The van der Waals surface area contributed by atoms with Crippen LogP contribution in [0, 0.1) is 0 Å². The van der Waals surface area contributed by atoms with E-state index in [2.05, 4.69) is 15.2 Å². The molecule has 1 aliphatic rings. The molecule has 0 spiro atoms. The van der Waals surface area contributed by atoms with E-state index in [4.69, 9.17) is 37.8 Å². The van der Waals surface area contributed by atoms with Crippen LogP contribution in [-0.2, 0) is 20.7 Å². The molecule has 0 radical (unpaired) electrons. The summed E-state index contributed by atoms with van der Waals surface area (Å²) in [6.07, 6.45) is -7.14. The molecule has 2 aromatic rings. The van der Waals surface area contributed by atoms with Gasteiger partial charge in [-0.1, -0.05) is 12.1 Å². The number of halogens is 5. The highest BCUT2D eigenvalue weighted by Gasteiger charge is 2.43. The Hall–Kier alpha value is -2.95. The number of aliphatic carboxylic acids is 1. The molecule has 5 N–H and O–H groups in total. The van der Waals surface area contributed by atoms with Gasteiger partial charge < -0.3 is 35.4 Å². The van der Waals surface area contributed by atoms with Crippen molar-refractivity contribution < 1.29 is 47.9 Å². The summed E-state index contributed by atoms with van der Waals surface area (Å²) in [6.45, 7) is 0.924. The van der Waals surface area contributed by atoms with E-state index in [1.54, 1.807) is 0 Å². The SMILES string of the molecule is O=C(CCCc1ccc(N(CCCl)CCCl)cc1)Nc1ccn([C@@H]2O[C@H](CO)[C@@H](O)[C@@H]2O)c(=O)n1.O=C(O)C(F)(F)F. The lowest BCUT2D eigenvalue weighted by molar-refractivity contribution is -0.192. The number of rotatable bonds is 12. The predicted octanol–water partition coefficient (Wildman–Crippen LogP) is 1.73.